The van der Waals surface area contributed by atoms with Crippen molar-refractivity contribution < 1.29 is 22.1 Å². The molecule has 2 aliphatic carbocycles. The zero-order chi connectivity index (χ0) is 20.2. The molecule has 0 aromatic rings. The van der Waals surface area contributed by atoms with E-state index in [1.54, 1.807) is 0 Å². The summed E-state index contributed by atoms with van der Waals surface area (Å²) in [5.74, 6) is -0.0287. The van der Waals surface area contributed by atoms with Crippen LogP contribution in [0.15, 0.2) is 0 Å². The smallest absolute Gasteiger partial charge is 0.264 e. The maximum Gasteiger partial charge on any atom is 0.264 e. The van der Waals surface area contributed by atoms with Crippen molar-refractivity contribution in [1.82, 2.24) is 0 Å². The van der Waals surface area contributed by atoms with Crippen LogP contribution >= 0.6 is 0 Å². The van der Waals surface area contributed by atoms with Crippen molar-refractivity contribution in [2.24, 2.45) is 11.3 Å². The van der Waals surface area contributed by atoms with Gasteiger partial charge in [0, 0.05) is 0 Å². The van der Waals surface area contributed by atoms with Crippen molar-refractivity contribution in [1.29, 1.82) is 0 Å². The topological polar surface area (TPSA) is 72.8 Å². The van der Waals surface area contributed by atoms with Crippen molar-refractivity contribution in [3.63, 3.8) is 0 Å². The van der Waals surface area contributed by atoms with Crippen LogP contribution in [-0.4, -0.2) is 45.9 Å². The molecular formula is C19H38O5SSi. The van der Waals surface area contributed by atoms with Crippen molar-refractivity contribution in [2.45, 2.75) is 103 Å². The Balaban J connectivity index is 2.27. The third-order valence-corrected chi connectivity index (χ3v) is 12.4. The number of hydrogen-bond donors (Lipinski definition) is 1. The van der Waals surface area contributed by atoms with Gasteiger partial charge in [0.15, 0.2) is 8.32 Å². The van der Waals surface area contributed by atoms with E-state index < -0.39 is 24.0 Å². The first-order valence-electron chi connectivity index (χ1n) is 9.76. The molecule has 0 radical (unpaired) electrons. The summed E-state index contributed by atoms with van der Waals surface area (Å²) in [6, 6.07) is 0. The summed E-state index contributed by atoms with van der Waals surface area (Å²) in [6.07, 6.45) is 4.45. The van der Waals surface area contributed by atoms with Crippen molar-refractivity contribution in [3.05, 3.63) is 0 Å². The third-order valence-electron chi connectivity index (χ3n) is 7.25. The zero-order valence-corrected chi connectivity index (χ0v) is 19.6. The highest BCUT2D eigenvalue weighted by atomic mass is 32.2. The lowest BCUT2D eigenvalue weighted by Gasteiger charge is -2.59. The van der Waals surface area contributed by atoms with E-state index in [-0.39, 0.29) is 28.6 Å². The van der Waals surface area contributed by atoms with E-state index >= 15 is 0 Å². The molecule has 0 unspecified atom stereocenters. The maximum absolute atomic E-state index is 11.6. The number of hydrogen-bond acceptors (Lipinski definition) is 5. The molecular weight excluding hydrogens is 368 g/mol. The van der Waals surface area contributed by atoms with E-state index in [9.17, 15) is 13.5 Å². The SMILES string of the molecule is CC(C)(C)[Si](C)(C)O[C@@H]1CC[C@](C)(O)[C@@H]2C[C@@H](OS(C)(=O)=O)CC[C@]21C. The average Bonchev–Trinajstić information content (AvgIpc) is 2.41. The van der Waals surface area contributed by atoms with E-state index in [0.717, 1.165) is 19.1 Å². The third kappa shape index (κ3) is 4.54. The molecule has 0 aliphatic heterocycles. The maximum atomic E-state index is 11.6. The summed E-state index contributed by atoms with van der Waals surface area (Å²) in [5, 5.41) is 11.2. The molecule has 5 nitrogen and oxygen atoms in total. The van der Waals surface area contributed by atoms with Crippen LogP contribution in [0.5, 0.6) is 0 Å². The Bertz CT molecular complexity index is 622. The van der Waals surface area contributed by atoms with Gasteiger partial charge in [0.2, 0.25) is 0 Å². The molecule has 7 heteroatoms. The molecule has 0 amide bonds. The molecule has 0 bridgehead atoms. The van der Waals surface area contributed by atoms with Crippen LogP contribution in [0, 0.1) is 11.3 Å². The van der Waals surface area contributed by atoms with Crippen LogP contribution in [0.3, 0.4) is 0 Å². The minimum atomic E-state index is -3.49. The Morgan fingerprint density at radius 2 is 1.69 bits per heavy atom. The highest BCUT2D eigenvalue weighted by molar-refractivity contribution is 7.86. The standard InChI is InChI=1S/C19H38O5SSi/c1-17(2,3)26(7,8)24-16-10-12-19(5,20)15-13-14(23-25(6,21)22)9-11-18(15,16)4/h14-16,20H,9-13H2,1-8H3/t14-,15+,16+,18+,19-/m0/s1. The fourth-order valence-electron chi connectivity index (χ4n) is 4.63. The van der Waals surface area contributed by atoms with E-state index in [4.69, 9.17) is 8.61 Å². The minimum Gasteiger partial charge on any atom is -0.413 e. The summed E-state index contributed by atoms with van der Waals surface area (Å²) >= 11 is 0. The van der Waals surface area contributed by atoms with Gasteiger partial charge in [0.05, 0.1) is 24.1 Å². The summed E-state index contributed by atoms with van der Waals surface area (Å²) in [4.78, 5) is 0. The molecule has 26 heavy (non-hydrogen) atoms. The Labute approximate surface area is 161 Å². The first-order valence-corrected chi connectivity index (χ1v) is 14.5. The second kappa shape index (κ2) is 6.83. The molecule has 1 N–H and O–H groups in total. The fraction of sp³-hybridized carbons (Fsp3) is 1.00. The second-order valence-electron chi connectivity index (χ2n) is 10.5. The summed E-state index contributed by atoms with van der Waals surface area (Å²) < 4.78 is 35.2. The number of fused-ring (bicyclic) bond motifs is 1. The molecule has 0 aromatic heterocycles. The molecule has 0 saturated heterocycles. The fourth-order valence-corrected chi connectivity index (χ4v) is 6.75. The van der Waals surface area contributed by atoms with E-state index in [0.29, 0.717) is 19.3 Å². The Kier molecular flexibility index (Phi) is 5.87. The Morgan fingerprint density at radius 1 is 1.12 bits per heavy atom. The van der Waals surface area contributed by atoms with Crippen LogP contribution in [-0.2, 0) is 18.7 Å². The predicted octanol–water partition coefficient (Wildman–Crippen LogP) is 4.07. The Hall–Kier alpha value is 0.0469. The van der Waals surface area contributed by atoms with Gasteiger partial charge >= 0.3 is 0 Å². The van der Waals surface area contributed by atoms with Gasteiger partial charge in [-0.2, -0.15) is 8.42 Å². The Morgan fingerprint density at radius 3 is 2.19 bits per heavy atom. The van der Waals surface area contributed by atoms with Gasteiger partial charge in [0.1, 0.15) is 0 Å². The predicted molar refractivity (Wildman–Crippen MR) is 107 cm³/mol. The van der Waals surface area contributed by atoms with Crippen molar-refractivity contribution >= 4 is 18.4 Å². The molecule has 2 saturated carbocycles. The van der Waals surface area contributed by atoms with Crippen molar-refractivity contribution in [3.8, 4) is 0 Å². The largest absolute Gasteiger partial charge is 0.413 e. The van der Waals surface area contributed by atoms with Crippen LogP contribution in [0.2, 0.25) is 18.1 Å². The molecule has 2 aliphatic rings. The normalized spacial score (nSPS) is 39.5. The monoisotopic (exact) mass is 406 g/mol. The first kappa shape index (κ1) is 22.3. The van der Waals surface area contributed by atoms with Gasteiger partial charge in [-0.1, -0.05) is 27.7 Å². The second-order valence-corrected chi connectivity index (χ2v) is 16.9. The van der Waals surface area contributed by atoms with Crippen LogP contribution < -0.4 is 0 Å². The van der Waals surface area contributed by atoms with E-state index in [2.05, 4.69) is 40.8 Å². The summed E-state index contributed by atoms with van der Waals surface area (Å²) in [5.41, 5.74) is -0.976. The summed E-state index contributed by atoms with van der Waals surface area (Å²) in [6.45, 7) is 15.4. The minimum absolute atomic E-state index is 0.0287. The molecule has 154 valence electrons. The van der Waals surface area contributed by atoms with E-state index in [1.165, 1.54) is 0 Å². The van der Waals surface area contributed by atoms with Crippen LogP contribution in [0.25, 0.3) is 0 Å². The van der Waals surface area contributed by atoms with Gasteiger partial charge < -0.3 is 9.53 Å². The van der Waals surface area contributed by atoms with Crippen molar-refractivity contribution in [2.75, 3.05) is 6.26 Å². The molecule has 0 spiro atoms. The first-order chi connectivity index (χ1) is 11.5. The average molecular weight is 407 g/mol. The molecule has 0 aromatic carbocycles. The van der Waals surface area contributed by atoms with Gasteiger partial charge in [-0.05, 0) is 68.5 Å². The van der Waals surface area contributed by atoms with Crippen LogP contribution in [0.1, 0.15) is 66.7 Å². The number of aliphatic hydroxyl groups is 1. The van der Waals surface area contributed by atoms with Gasteiger partial charge in [-0.25, -0.2) is 0 Å². The lowest BCUT2D eigenvalue weighted by atomic mass is 9.53. The summed E-state index contributed by atoms with van der Waals surface area (Å²) in [7, 11) is -5.41. The van der Waals surface area contributed by atoms with Gasteiger partial charge in [-0.15, -0.1) is 0 Å². The molecule has 0 heterocycles. The van der Waals surface area contributed by atoms with Crippen LogP contribution in [0.4, 0.5) is 0 Å². The quantitative estimate of drug-likeness (QED) is 0.563. The molecule has 2 fully saturated rings. The molecule has 2 rings (SSSR count). The lowest BCUT2D eigenvalue weighted by Crippen LogP contribution is -2.61. The zero-order valence-electron chi connectivity index (χ0n) is 17.8. The molecule has 5 atom stereocenters. The highest BCUT2D eigenvalue weighted by Crippen LogP contribution is 2.56. The van der Waals surface area contributed by atoms with Gasteiger partial charge in [0.25, 0.3) is 10.1 Å². The van der Waals surface area contributed by atoms with Gasteiger partial charge in [-0.3, -0.25) is 4.18 Å². The lowest BCUT2D eigenvalue weighted by molar-refractivity contribution is -0.174. The highest BCUT2D eigenvalue weighted by Gasteiger charge is 2.57. The van der Waals surface area contributed by atoms with E-state index in [1.807, 2.05) is 6.92 Å². The number of rotatable bonds is 4.